The molecule has 1 rings (SSSR count). The fourth-order valence-electron chi connectivity index (χ4n) is 1.16. The number of rotatable bonds is 0. The molecule has 0 fully saturated rings. The minimum absolute atomic E-state index is 0.560. The van der Waals surface area contributed by atoms with Crippen molar-refractivity contribution in [1.82, 2.24) is 0 Å². The maximum Gasteiger partial charge on any atom is 0.00286 e. The van der Waals surface area contributed by atoms with Crippen molar-refractivity contribution in [2.75, 3.05) is 0 Å². The van der Waals surface area contributed by atoms with Crippen molar-refractivity contribution in [2.45, 2.75) is 27.7 Å². The molecule has 49 valence electrons. The molecule has 1 radical (unpaired) electrons. The lowest BCUT2D eigenvalue weighted by Crippen LogP contribution is -1.86. The first-order chi connectivity index (χ1) is 4.13. The predicted molar refractivity (Wildman–Crippen MR) is 40.0 cm³/mol. The monoisotopic (exact) mass is 121 g/mol. The van der Waals surface area contributed by atoms with Gasteiger partial charge in [0.15, 0.2) is 0 Å². The van der Waals surface area contributed by atoms with Crippen LogP contribution in [-0.2, 0) is 0 Å². The maximum absolute atomic E-state index is 3.36. The van der Waals surface area contributed by atoms with Gasteiger partial charge in [-0.1, -0.05) is 12.5 Å². The Morgan fingerprint density at radius 2 is 1.78 bits per heavy atom. The summed E-state index contributed by atoms with van der Waals surface area (Å²) < 4.78 is 0. The first-order valence-corrected chi connectivity index (χ1v) is 3.40. The van der Waals surface area contributed by atoms with Gasteiger partial charge in [-0.15, -0.1) is 0 Å². The third kappa shape index (κ3) is 0.937. The van der Waals surface area contributed by atoms with Gasteiger partial charge in [0.25, 0.3) is 0 Å². The van der Waals surface area contributed by atoms with Gasteiger partial charge in [0.1, 0.15) is 0 Å². The molecular weight excluding hydrogens is 108 g/mol. The van der Waals surface area contributed by atoms with E-state index in [9.17, 15) is 0 Å². The zero-order valence-corrected chi connectivity index (χ0v) is 6.58. The second kappa shape index (κ2) is 2.02. The van der Waals surface area contributed by atoms with Crippen LogP contribution in [0.3, 0.4) is 0 Å². The standard InChI is InChI=1S/C9H13/c1-6-5-7(2)9(4)8(6)3/h6H,1-4H3. The lowest BCUT2D eigenvalue weighted by Gasteiger charge is -1.99. The molecule has 0 saturated carbocycles. The van der Waals surface area contributed by atoms with E-state index in [-0.39, 0.29) is 0 Å². The van der Waals surface area contributed by atoms with E-state index in [4.69, 9.17) is 0 Å². The Morgan fingerprint density at radius 1 is 1.22 bits per heavy atom. The Hall–Kier alpha value is -0.520. The van der Waals surface area contributed by atoms with Crippen LogP contribution < -0.4 is 0 Å². The van der Waals surface area contributed by atoms with Gasteiger partial charge in [-0.05, 0) is 38.0 Å². The average molecular weight is 121 g/mol. The smallest absolute Gasteiger partial charge is 0.00286 e. The lowest BCUT2D eigenvalue weighted by molar-refractivity contribution is 0.851. The molecule has 0 aromatic heterocycles. The fraction of sp³-hybridized carbons (Fsp3) is 0.556. The molecule has 0 N–H and O–H groups in total. The third-order valence-corrected chi connectivity index (χ3v) is 2.24. The third-order valence-electron chi connectivity index (χ3n) is 2.24. The van der Waals surface area contributed by atoms with Crippen LogP contribution in [0.2, 0.25) is 0 Å². The molecule has 0 bridgehead atoms. The first kappa shape index (κ1) is 6.60. The summed E-state index contributed by atoms with van der Waals surface area (Å²) in [6.45, 7) is 8.67. The van der Waals surface area contributed by atoms with Crippen LogP contribution in [-0.4, -0.2) is 0 Å². The van der Waals surface area contributed by atoms with E-state index in [1.54, 1.807) is 0 Å². The molecule has 0 aromatic rings. The Balaban J connectivity index is 2.97. The molecule has 0 heteroatoms. The van der Waals surface area contributed by atoms with Gasteiger partial charge in [-0.2, -0.15) is 0 Å². The molecule has 1 aliphatic carbocycles. The van der Waals surface area contributed by atoms with Gasteiger partial charge >= 0.3 is 0 Å². The Labute approximate surface area is 57.3 Å². The van der Waals surface area contributed by atoms with Crippen LogP contribution in [0.15, 0.2) is 16.7 Å². The summed E-state index contributed by atoms with van der Waals surface area (Å²) in [6, 6.07) is 0. The minimum Gasteiger partial charge on any atom is -0.0629 e. The Morgan fingerprint density at radius 3 is 1.89 bits per heavy atom. The van der Waals surface area contributed by atoms with E-state index in [0.717, 1.165) is 0 Å². The van der Waals surface area contributed by atoms with Crippen LogP contribution in [0, 0.1) is 12.0 Å². The largest absolute Gasteiger partial charge is 0.0629 e. The van der Waals surface area contributed by atoms with Gasteiger partial charge in [-0.3, -0.25) is 0 Å². The molecule has 0 saturated heterocycles. The van der Waals surface area contributed by atoms with E-state index in [2.05, 4.69) is 33.8 Å². The Kier molecular flexibility index (Phi) is 1.48. The SMILES string of the molecule is CC1=[C]C(C)C(C)=C1C. The molecule has 1 unspecified atom stereocenters. The first-order valence-electron chi connectivity index (χ1n) is 3.40. The quantitative estimate of drug-likeness (QED) is 0.462. The van der Waals surface area contributed by atoms with Crippen molar-refractivity contribution in [3.63, 3.8) is 0 Å². The van der Waals surface area contributed by atoms with Crippen LogP contribution >= 0.6 is 0 Å². The number of allylic oxidation sites excluding steroid dienone is 4. The van der Waals surface area contributed by atoms with Gasteiger partial charge in [0.05, 0.1) is 0 Å². The zero-order valence-electron chi connectivity index (χ0n) is 6.58. The second-order valence-corrected chi connectivity index (χ2v) is 2.80. The van der Waals surface area contributed by atoms with E-state index in [1.165, 1.54) is 16.7 Å². The molecule has 0 amide bonds. The van der Waals surface area contributed by atoms with E-state index >= 15 is 0 Å². The average Bonchev–Trinajstić information content (AvgIpc) is 1.98. The van der Waals surface area contributed by atoms with Crippen LogP contribution in [0.5, 0.6) is 0 Å². The molecule has 0 aliphatic heterocycles. The zero-order chi connectivity index (χ0) is 7.02. The molecule has 0 spiro atoms. The van der Waals surface area contributed by atoms with Crippen molar-refractivity contribution in [1.29, 1.82) is 0 Å². The summed E-state index contributed by atoms with van der Waals surface area (Å²) in [6.07, 6.45) is 3.36. The van der Waals surface area contributed by atoms with E-state index < -0.39 is 0 Å². The molecular formula is C9H13. The summed E-state index contributed by atoms with van der Waals surface area (Å²) in [7, 11) is 0. The Bertz CT molecular complexity index is 182. The molecule has 1 aliphatic rings. The van der Waals surface area contributed by atoms with Crippen molar-refractivity contribution in [2.24, 2.45) is 5.92 Å². The normalized spacial score (nSPS) is 27.1. The summed E-state index contributed by atoms with van der Waals surface area (Å²) in [5, 5.41) is 0. The van der Waals surface area contributed by atoms with Gasteiger partial charge in [-0.25, -0.2) is 0 Å². The summed E-state index contributed by atoms with van der Waals surface area (Å²) >= 11 is 0. The molecule has 0 heterocycles. The van der Waals surface area contributed by atoms with E-state index in [0.29, 0.717) is 5.92 Å². The fourth-order valence-corrected chi connectivity index (χ4v) is 1.16. The molecule has 9 heavy (non-hydrogen) atoms. The molecule has 0 nitrogen and oxygen atoms in total. The van der Waals surface area contributed by atoms with Gasteiger partial charge in [0.2, 0.25) is 0 Å². The molecule has 0 aromatic carbocycles. The maximum atomic E-state index is 3.36. The summed E-state index contributed by atoms with van der Waals surface area (Å²) in [5.41, 5.74) is 4.25. The van der Waals surface area contributed by atoms with Crippen molar-refractivity contribution >= 4 is 0 Å². The summed E-state index contributed by atoms with van der Waals surface area (Å²) in [5.74, 6) is 0.560. The van der Waals surface area contributed by atoms with Crippen molar-refractivity contribution in [3.8, 4) is 0 Å². The van der Waals surface area contributed by atoms with Crippen molar-refractivity contribution < 1.29 is 0 Å². The van der Waals surface area contributed by atoms with Gasteiger partial charge < -0.3 is 0 Å². The predicted octanol–water partition coefficient (Wildman–Crippen LogP) is 2.72. The highest BCUT2D eigenvalue weighted by Gasteiger charge is 2.13. The van der Waals surface area contributed by atoms with Crippen molar-refractivity contribution in [3.05, 3.63) is 22.8 Å². The highest BCUT2D eigenvalue weighted by Crippen LogP contribution is 2.28. The number of hydrogen-bond acceptors (Lipinski definition) is 0. The van der Waals surface area contributed by atoms with Crippen LogP contribution in [0.4, 0.5) is 0 Å². The molecule has 1 atom stereocenters. The second-order valence-electron chi connectivity index (χ2n) is 2.80. The minimum atomic E-state index is 0.560. The highest BCUT2D eigenvalue weighted by molar-refractivity contribution is 5.37. The topological polar surface area (TPSA) is 0 Å². The number of hydrogen-bond donors (Lipinski definition) is 0. The lowest BCUT2D eigenvalue weighted by atomic mass is 10.1. The van der Waals surface area contributed by atoms with Crippen LogP contribution in [0.25, 0.3) is 0 Å². The van der Waals surface area contributed by atoms with Gasteiger partial charge in [0, 0.05) is 5.92 Å². The van der Waals surface area contributed by atoms with E-state index in [1.807, 2.05) is 0 Å². The highest BCUT2D eigenvalue weighted by atomic mass is 14.2. The van der Waals surface area contributed by atoms with Crippen LogP contribution in [0.1, 0.15) is 27.7 Å². The summed E-state index contributed by atoms with van der Waals surface area (Å²) in [4.78, 5) is 0.